The van der Waals surface area contributed by atoms with Gasteiger partial charge in [0, 0.05) is 12.8 Å². The molecular weight excluding hydrogens is 194 g/mol. The lowest BCUT2D eigenvalue weighted by Gasteiger charge is -2.22. The molecule has 0 aromatic rings. The molecule has 0 atom stereocenters. The number of carbonyl (C=O) groups is 1. The lowest BCUT2D eigenvalue weighted by molar-refractivity contribution is 0.170. The summed E-state index contributed by atoms with van der Waals surface area (Å²) in [5.74, 6) is 0. The summed E-state index contributed by atoms with van der Waals surface area (Å²) in [5.41, 5.74) is 0. The highest BCUT2D eigenvalue weighted by Crippen LogP contribution is 2.13. The van der Waals surface area contributed by atoms with Crippen LogP contribution in [0.15, 0.2) is 0 Å². The Morgan fingerprint density at radius 2 is 1.92 bits per heavy atom. The summed E-state index contributed by atoms with van der Waals surface area (Å²) >= 11 is 0. The standard InChI is InChI=1S/C7H15NO4S/c1-7(2,13(4,10)11)5-8-6(9)12-3/h5H2,1-4H3,(H,8,9). The summed E-state index contributed by atoms with van der Waals surface area (Å²) in [7, 11) is -1.95. The molecule has 0 aromatic heterocycles. The molecule has 0 saturated carbocycles. The van der Waals surface area contributed by atoms with Crippen molar-refractivity contribution in [1.29, 1.82) is 0 Å². The molecule has 0 radical (unpaired) electrons. The van der Waals surface area contributed by atoms with Gasteiger partial charge in [-0.2, -0.15) is 0 Å². The van der Waals surface area contributed by atoms with Crippen molar-refractivity contribution in [1.82, 2.24) is 5.32 Å². The van der Waals surface area contributed by atoms with E-state index in [0.29, 0.717) is 0 Å². The van der Waals surface area contributed by atoms with E-state index in [1.807, 2.05) is 0 Å². The molecule has 0 spiro atoms. The molecule has 0 fully saturated rings. The van der Waals surface area contributed by atoms with E-state index in [-0.39, 0.29) is 6.54 Å². The zero-order valence-electron chi connectivity index (χ0n) is 8.25. The van der Waals surface area contributed by atoms with Gasteiger partial charge < -0.3 is 10.1 Å². The van der Waals surface area contributed by atoms with E-state index in [4.69, 9.17) is 0 Å². The fraction of sp³-hybridized carbons (Fsp3) is 0.857. The van der Waals surface area contributed by atoms with Gasteiger partial charge in [0.05, 0.1) is 11.9 Å². The van der Waals surface area contributed by atoms with E-state index in [2.05, 4.69) is 10.1 Å². The molecule has 0 rings (SSSR count). The Bertz CT molecular complexity index is 281. The first-order valence-corrected chi connectivity index (χ1v) is 5.61. The van der Waals surface area contributed by atoms with Gasteiger partial charge in [0.1, 0.15) is 0 Å². The first-order valence-electron chi connectivity index (χ1n) is 3.72. The van der Waals surface area contributed by atoms with E-state index in [0.717, 1.165) is 6.26 Å². The molecule has 1 amide bonds. The Morgan fingerprint density at radius 1 is 1.46 bits per heavy atom. The zero-order valence-corrected chi connectivity index (χ0v) is 9.06. The van der Waals surface area contributed by atoms with Crippen molar-refractivity contribution in [3.63, 3.8) is 0 Å². The molecule has 0 aromatic carbocycles. The van der Waals surface area contributed by atoms with E-state index < -0.39 is 20.7 Å². The largest absolute Gasteiger partial charge is 0.453 e. The number of ether oxygens (including phenoxy) is 1. The molecule has 0 bridgehead atoms. The lowest BCUT2D eigenvalue weighted by atomic mass is 10.2. The van der Waals surface area contributed by atoms with Crippen molar-refractivity contribution < 1.29 is 17.9 Å². The molecule has 6 heteroatoms. The average Bonchev–Trinajstić information content (AvgIpc) is 1.98. The quantitative estimate of drug-likeness (QED) is 0.719. The Labute approximate surface area is 78.4 Å². The SMILES string of the molecule is COC(=O)NCC(C)(C)S(C)(=O)=O. The topological polar surface area (TPSA) is 72.5 Å². The lowest BCUT2D eigenvalue weighted by Crippen LogP contribution is -2.43. The van der Waals surface area contributed by atoms with Crippen LogP contribution in [0, 0.1) is 0 Å². The van der Waals surface area contributed by atoms with Crippen LogP contribution in [-0.2, 0) is 14.6 Å². The van der Waals surface area contributed by atoms with Crippen LogP contribution in [0.2, 0.25) is 0 Å². The molecule has 78 valence electrons. The molecule has 0 aliphatic heterocycles. The molecule has 0 unspecified atom stereocenters. The maximum atomic E-state index is 11.2. The van der Waals surface area contributed by atoms with Gasteiger partial charge in [-0.05, 0) is 13.8 Å². The summed E-state index contributed by atoms with van der Waals surface area (Å²) in [5, 5.41) is 2.34. The number of alkyl carbamates (subject to hydrolysis) is 1. The summed E-state index contributed by atoms with van der Waals surface area (Å²) in [4.78, 5) is 10.7. The molecule has 0 aliphatic rings. The fourth-order valence-electron chi connectivity index (χ4n) is 0.488. The minimum atomic E-state index is -3.18. The first-order chi connectivity index (χ1) is 5.70. The minimum absolute atomic E-state index is 0.0402. The summed E-state index contributed by atoms with van der Waals surface area (Å²) < 4.78 is 25.7. The zero-order chi connectivity index (χ0) is 10.7. The number of rotatable bonds is 3. The number of amides is 1. The van der Waals surface area contributed by atoms with Crippen LogP contribution in [0.3, 0.4) is 0 Å². The van der Waals surface area contributed by atoms with Crippen LogP contribution in [0.1, 0.15) is 13.8 Å². The molecule has 0 heterocycles. The second-order valence-electron chi connectivity index (χ2n) is 3.38. The van der Waals surface area contributed by atoms with Gasteiger partial charge in [-0.3, -0.25) is 0 Å². The van der Waals surface area contributed by atoms with Crippen LogP contribution in [0.25, 0.3) is 0 Å². The summed E-state index contributed by atoms with van der Waals surface area (Å²) in [6.45, 7) is 3.12. The maximum absolute atomic E-state index is 11.2. The second-order valence-corrected chi connectivity index (χ2v) is 6.03. The Balaban J connectivity index is 4.29. The highest BCUT2D eigenvalue weighted by atomic mass is 32.2. The van der Waals surface area contributed by atoms with Crippen molar-refractivity contribution in [3.05, 3.63) is 0 Å². The molecule has 0 aliphatic carbocycles. The van der Waals surface area contributed by atoms with Gasteiger partial charge in [0.2, 0.25) is 0 Å². The van der Waals surface area contributed by atoms with Crippen LogP contribution in [0.4, 0.5) is 4.79 Å². The minimum Gasteiger partial charge on any atom is -0.453 e. The van der Waals surface area contributed by atoms with Crippen LogP contribution >= 0.6 is 0 Å². The highest BCUT2D eigenvalue weighted by Gasteiger charge is 2.30. The van der Waals surface area contributed by atoms with Crippen molar-refractivity contribution in [2.24, 2.45) is 0 Å². The predicted molar refractivity (Wildman–Crippen MR) is 49.3 cm³/mol. The van der Waals surface area contributed by atoms with E-state index in [9.17, 15) is 13.2 Å². The van der Waals surface area contributed by atoms with Crippen molar-refractivity contribution in [3.8, 4) is 0 Å². The van der Waals surface area contributed by atoms with Gasteiger partial charge in [-0.15, -0.1) is 0 Å². The van der Waals surface area contributed by atoms with E-state index >= 15 is 0 Å². The molecular formula is C7H15NO4S. The van der Waals surface area contributed by atoms with Gasteiger partial charge in [-0.1, -0.05) is 0 Å². The maximum Gasteiger partial charge on any atom is 0.406 e. The monoisotopic (exact) mass is 209 g/mol. The average molecular weight is 209 g/mol. The third kappa shape index (κ3) is 3.63. The third-order valence-electron chi connectivity index (χ3n) is 1.85. The van der Waals surface area contributed by atoms with Crippen LogP contribution in [0.5, 0.6) is 0 Å². The van der Waals surface area contributed by atoms with Crippen molar-refractivity contribution >= 4 is 15.9 Å². The summed E-state index contributed by atoms with van der Waals surface area (Å²) in [6, 6.07) is 0. The van der Waals surface area contributed by atoms with Crippen molar-refractivity contribution in [2.75, 3.05) is 19.9 Å². The predicted octanol–water partition coefficient (Wildman–Crippen LogP) is 0.166. The normalized spacial score (nSPS) is 12.3. The number of nitrogens with one attached hydrogen (secondary N) is 1. The highest BCUT2D eigenvalue weighted by molar-refractivity contribution is 7.92. The van der Waals surface area contributed by atoms with Gasteiger partial charge in [-0.25, -0.2) is 13.2 Å². The van der Waals surface area contributed by atoms with Crippen LogP contribution in [-0.4, -0.2) is 39.2 Å². The van der Waals surface area contributed by atoms with Gasteiger partial charge in [0.15, 0.2) is 9.84 Å². The number of hydrogen-bond acceptors (Lipinski definition) is 4. The van der Waals surface area contributed by atoms with Crippen LogP contribution < -0.4 is 5.32 Å². The molecule has 1 N–H and O–H groups in total. The molecule has 5 nitrogen and oxygen atoms in total. The Hall–Kier alpha value is -0.780. The molecule has 0 saturated heterocycles. The first kappa shape index (κ1) is 12.2. The smallest absolute Gasteiger partial charge is 0.406 e. The van der Waals surface area contributed by atoms with Gasteiger partial charge >= 0.3 is 6.09 Å². The number of sulfone groups is 1. The van der Waals surface area contributed by atoms with E-state index in [1.54, 1.807) is 0 Å². The summed E-state index contributed by atoms with van der Waals surface area (Å²) in [6.07, 6.45) is 0.503. The van der Waals surface area contributed by atoms with E-state index in [1.165, 1.54) is 21.0 Å². The second kappa shape index (κ2) is 3.95. The van der Waals surface area contributed by atoms with Gasteiger partial charge in [0.25, 0.3) is 0 Å². The number of carbonyl (C=O) groups excluding carboxylic acids is 1. The number of hydrogen-bond donors (Lipinski definition) is 1. The number of methoxy groups -OCH3 is 1. The van der Waals surface area contributed by atoms with Crippen molar-refractivity contribution in [2.45, 2.75) is 18.6 Å². The Kier molecular flexibility index (Phi) is 3.71. The molecule has 13 heavy (non-hydrogen) atoms. The Morgan fingerprint density at radius 3 is 2.23 bits per heavy atom. The fourth-order valence-corrected chi connectivity index (χ4v) is 0.823. The third-order valence-corrected chi connectivity index (χ3v) is 4.00.